The topological polar surface area (TPSA) is 69.6 Å². The number of hydrogen-bond acceptors (Lipinski definition) is 3. The lowest BCUT2D eigenvalue weighted by atomic mass is 10.0. The van der Waals surface area contributed by atoms with E-state index in [1.807, 2.05) is 13.0 Å². The molecule has 0 fully saturated rings. The van der Waals surface area contributed by atoms with Crippen molar-refractivity contribution in [2.45, 2.75) is 13.3 Å². The highest BCUT2D eigenvalue weighted by Gasteiger charge is 2.12. The maximum atomic E-state index is 12.1. The fourth-order valence-electron chi connectivity index (χ4n) is 1.64. The van der Waals surface area contributed by atoms with Crippen LogP contribution < -0.4 is 5.32 Å². The van der Waals surface area contributed by atoms with Crippen molar-refractivity contribution in [2.75, 3.05) is 27.2 Å². The van der Waals surface area contributed by atoms with E-state index >= 15 is 0 Å². The number of carbonyl (C=O) groups excluding carboxylic acids is 2. The molecule has 112 valence electrons. The number of nitrogens with zero attached hydrogens (tertiary/aromatic N) is 1. The van der Waals surface area contributed by atoms with Gasteiger partial charge in [-0.1, -0.05) is 17.9 Å². The molecule has 0 radical (unpaired) electrons. The van der Waals surface area contributed by atoms with Gasteiger partial charge in [0.25, 0.3) is 5.91 Å². The number of benzene rings is 1. The first-order valence-corrected chi connectivity index (χ1v) is 6.65. The monoisotopic (exact) mass is 288 g/mol. The van der Waals surface area contributed by atoms with Gasteiger partial charge in [-0.25, -0.2) is 0 Å². The number of rotatable bonds is 4. The first-order valence-electron chi connectivity index (χ1n) is 6.65. The van der Waals surface area contributed by atoms with Crippen molar-refractivity contribution in [3.63, 3.8) is 0 Å². The summed E-state index contributed by atoms with van der Waals surface area (Å²) in [6.07, 6.45) is 0.396. The second-order valence-corrected chi connectivity index (χ2v) is 4.72. The molecule has 0 saturated carbocycles. The normalized spacial score (nSPS) is 9.52. The summed E-state index contributed by atoms with van der Waals surface area (Å²) < 4.78 is 0. The van der Waals surface area contributed by atoms with E-state index in [9.17, 15) is 9.59 Å². The summed E-state index contributed by atoms with van der Waals surface area (Å²) >= 11 is 0. The number of aliphatic hydroxyl groups excluding tert-OH is 1. The van der Waals surface area contributed by atoms with E-state index in [0.717, 1.165) is 11.1 Å². The molecule has 0 heterocycles. The van der Waals surface area contributed by atoms with E-state index in [1.165, 1.54) is 4.90 Å². The highest BCUT2D eigenvalue weighted by molar-refractivity contribution is 5.98. The molecule has 1 aromatic rings. The van der Waals surface area contributed by atoms with Crippen LogP contribution in [0.4, 0.5) is 0 Å². The third kappa shape index (κ3) is 4.93. The Bertz CT molecular complexity index is 583. The van der Waals surface area contributed by atoms with Crippen molar-refractivity contribution in [1.82, 2.24) is 10.2 Å². The SMILES string of the molecule is Cc1c(C#CCCO)cccc1C(=O)NCC(=O)N(C)C. The van der Waals surface area contributed by atoms with Gasteiger partial charge in [-0.15, -0.1) is 0 Å². The number of amides is 2. The molecular formula is C16H20N2O3. The van der Waals surface area contributed by atoms with E-state index in [-0.39, 0.29) is 25.0 Å². The van der Waals surface area contributed by atoms with Crippen molar-refractivity contribution < 1.29 is 14.7 Å². The zero-order valence-electron chi connectivity index (χ0n) is 12.6. The standard InChI is InChI=1S/C16H20N2O3/c1-12-13(7-4-5-10-19)8-6-9-14(12)16(21)17-11-15(20)18(2)3/h6,8-9,19H,5,10-11H2,1-3H3,(H,17,21). The van der Waals surface area contributed by atoms with Crippen LogP contribution in [0.15, 0.2) is 18.2 Å². The Labute approximate surface area is 125 Å². The maximum Gasteiger partial charge on any atom is 0.252 e. The molecule has 2 N–H and O–H groups in total. The number of carbonyl (C=O) groups is 2. The maximum absolute atomic E-state index is 12.1. The lowest BCUT2D eigenvalue weighted by molar-refractivity contribution is -0.127. The number of likely N-dealkylation sites (N-methyl/N-ethyl adjacent to an activating group) is 1. The van der Waals surface area contributed by atoms with E-state index < -0.39 is 0 Å². The third-order valence-corrected chi connectivity index (χ3v) is 2.94. The molecule has 0 aromatic heterocycles. The smallest absolute Gasteiger partial charge is 0.252 e. The van der Waals surface area contributed by atoms with E-state index in [1.54, 1.807) is 26.2 Å². The first kappa shape index (κ1) is 16.7. The highest BCUT2D eigenvalue weighted by Crippen LogP contribution is 2.12. The van der Waals surface area contributed by atoms with Crippen LogP contribution in [-0.4, -0.2) is 49.1 Å². The molecular weight excluding hydrogens is 268 g/mol. The van der Waals surface area contributed by atoms with Gasteiger partial charge in [-0.05, 0) is 24.6 Å². The molecule has 0 aliphatic rings. The van der Waals surface area contributed by atoms with Gasteiger partial charge in [0.05, 0.1) is 13.2 Å². The summed E-state index contributed by atoms with van der Waals surface area (Å²) in [5.41, 5.74) is 2.00. The molecule has 0 atom stereocenters. The largest absolute Gasteiger partial charge is 0.395 e. The molecule has 1 aromatic carbocycles. The van der Waals surface area contributed by atoms with Crippen LogP contribution in [0.2, 0.25) is 0 Å². The molecule has 5 nitrogen and oxygen atoms in total. The molecule has 0 spiro atoms. The second-order valence-electron chi connectivity index (χ2n) is 4.72. The summed E-state index contributed by atoms with van der Waals surface area (Å²) in [6, 6.07) is 5.27. The average Bonchev–Trinajstić information content (AvgIpc) is 2.46. The van der Waals surface area contributed by atoms with Crippen LogP contribution in [0.25, 0.3) is 0 Å². The Morgan fingerprint density at radius 1 is 1.33 bits per heavy atom. The molecule has 0 bridgehead atoms. The van der Waals surface area contributed by atoms with E-state index in [2.05, 4.69) is 17.2 Å². The first-order chi connectivity index (χ1) is 9.97. The summed E-state index contributed by atoms with van der Waals surface area (Å²) in [5.74, 6) is 5.29. The minimum atomic E-state index is -0.298. The number of hydrogen-bond donors (Lipinski definition) is 2. The average molecular weight is 288 g/mol. The Balaban J connectivity index is 2.84. The van der Waals surface area contributed by atoms with Crippen LogP contribution in [0.3, 0.4) is 0 Å². The van der Waals surface area contributed by atoms with Crippen LogP contribution in [0.5, 0.6) is 0 Å². The number of nitrogens with one attached hydrogen (secondary N) is 1. The lowest BCUT2D eigenvalue weighted by Crippen LogP contribution is -2.36. The van der Waals surface area contributed by atoms with Gasteiger partial charge in [0, 0.05) is 31.6 Å². The molecule has 0 unspecified atom stereocenters. The second kappa shape index (κ2) is 8.08. The van der Waals surface area contributed by atoms with Crippen LogP contribution in [-0.2, 0) is 4.79 Å². The van der Waals surface area contributed by atoms with Gasteiger partial charge in [-0.2, -0.15) is 0 Å². The van der Waals surface area contributed by atoms with Crippen LogP contribution >= 0.6 is 0 Å². The predicted molar refractivity (Wildman–Crippen MR) is 80.8 cm³/mol. The zero-order valence-corrected chi connectivity index (χ0v) is 12.6. The predicted octanol–water partition coefficient (Wildman–Crippen LogP) is 0.547. The molecule has 0 saturated heterocycles. The zero-order chi connectivity index (χ0) is 15.8. The third-order valence-electron chi connectivity index (χ3n) is 2.94. The Morgan fingerprint density at radius 3 is 2.67 bits per heavy atom. The van der Waals surface area contributed by atoms with Crippen molar-refractivity contribution in [3.05, 3.63) is 34.9 Å². The van der Waals surface area contributed by atoms with Crippen molar-refractivity contribution in [2.24, 2.45) is 0 Å². The van der Waals surface area contributed by atoms with Gasteiger partial charge in [0.1, 0.15) is 0 Å². The molecule has 21 heavy (non-hydrogen) atoms. The minimum Gasteiger partial charge on any atom is -0.395 e. The fourth-order valence-corrected chi connectivity index (χ4v) is 1.64. The quantitative estimate of drug-likeness (QED) is 0.795. The summed E-state index contributed by atoms with van der Waals surface area (Å²) in [6.45, 7) is 1.79. The summed E-state index contributed by atoms with van der Waals surface area (Å²) in [7, 11) is 3.27. The highest BCUT2D eigenvalue weighted by atomic mass is 16.2. The summed E-state index contributed by atoms with van der Waals surface area (Å²) in [4.78, 5) is 25.0. The van der Waals surface area contributed by atoms with Gasteiger partial charge in [0.15, 0.2) is 0 Å². The molecule has 2 amide bonds. The Kier molecular flexibility index (Phi) is 6.44. The van der Waals surface area contributed by atoms with Crippen molar-refractivity contribution >= 4 is 11.8 Å². The molecule has 5 heteroatoms. The van der Waals surface area contributed by atoms with Gasteiger partial charge >= 0.3 is 0 Å². The van der Waals surface area contributed by atoms with Crippen LogP contribution in [0.1, 0.15) is 27.9 Å². The van der Waals surface area contributed by atoms with Gasteiger partial charge < -0.3 is 15.3 Å². The molecule has 0 aliphatic heterocycles. The Hall–Kier alpha value is -2.32. The molecule has 1 rings (SSSR count). The lowest BCUT2D eigenvalue weighted by Gasteiger charge is -2.12. The summed E-state index contributed by atoms with van der Waals surface area (Å²) in [5, 5.41) is 11.3. The van der Waals surface area contributed by atoms with Gasteiger partial charge in [-0.3, -0.25) is 9.59 Å². The fraction of sp³-hybridized carbons (Fsp3) is 0.375. The Morgan fingerprint density at radius 2 is 2.05 bits per heavy atom. The molecule has 0 aliphatic carbocycles. The van der Waals surface area contributed by atoms with E-state index in [0.29, 0.717) is 12.0 Å². The minimum absolute atomic E-state index is 0.0128. The van der Waals surface area contributed by atoms with Crippen LogP contribution in [0, 0.1) is 18.8 Å². The number of aliphatic hydroxyl groups is 1. The van der Waals surface area contributed by atoms with Crippen molar-refractivity contribution in [3.8, 4) is 11.8 Å². The van der Waals surface area contributed by atoms with Gasteiger partial charge in [0.2, 0.25) is 5.91 Å². The van der Waals surface area contributed by atoms with E-state index in [4.69, 9.17) is 5.11 Å². The van der Waals surface area contributed by atoms with Crippen molar-refractivity contribution in [1.29, 1.82) is 0 Å².